The number of benzene rings is 1. The van der Waals surface area contributed by atoms with Crippen LogP contribution in [0, 0.1) is 0 Å². The second-order valence-electron chi connectivity index (χ2n) is 8.48. The third kappa shape index (κ3) is 6.82. The van der Waals surface area contributed by atoms with Crippen LogP contribution in [0.5, 0.6) is 0 Å². The summed E-state index contributed by atoms with van der Waals surface area (Å²) < 4.78 is 26.0. The highest BCUT2D eigenvalue weighted by Gasteiger charge is 2.17. The number of aromatic nitrogens is 4. The summed E-state index contributed by atoms with van der Waals surface area (Å²) in [6.45, 7) is 2.88. The summed E-state index contributed by atoms with van der Waals surface area (Å²) in [6.07, 6.45) is 4.98. The molecule has 0 aliphatic carbocycles. The van der Waals surface area contributed by atoms with Gasteiger partial charge in [0, 0.05) is 32.3 Å². The molecule has 190 valence electrons. The van der Waals surface area contributed by atoms with Crippen molar-refractivity contribution in [1.29, 1.82) is 0 Å². The molecule has 0 unspecified atom stereocenters. The molecule has 0 aliphatic rings. The van der Waals surface area contributed by atoms with Gasteiger partial charge in [-0.05, 0) is 48.6 Å². The average molecular weight is 524 g/mol. The summed E-state index contributed by atoms with van der Waals surface area (Å²) in [6, 6.07) is 6.42. The van der Waals surface area contributed by atoms with E-state index in [1.165, 1.54) is 16.7 Å². The van der Waals surface area contributed by atoms with Gasteiger partial charge in [0.2, 0.25) is 11.2 Å². The first-order chi connectivity index (χ1) is 16.6. The van der Waals surface area contributed by atoms with Gasteiger partial charge in [0.15, 0.2) is 21.0 Å². The van der Waals surface area contributed by atoms with E-state index in [0.29, 0.717) is 24.9 Å². The number of carbonyl (C=O) groups excluding carboxylic acids is 1. The number of aromatic amines is 1. The minimum absolute atomic E-state index is 0.0530. The predicted octanol–water partition coefficient (Wildman–Crippen LogP) is 2.62. The molecule has 0 fully saturated rings. The number of halogens is 1. The Morgan fingerprint density at radius 1 is 1.11 bits per heavy atom. The largest absolute Gasteiger partial charge is 0.352 e. The van der Waals surface area contributed by atoms with Gasteiger partial charge < -0.3 is 10.3 Å². The Morgan fingerprint density at radius 2 is 1.83 bits per heavy atom. The molecule has 0 aliphatic heterocycles. The summed E-state index contributed by atoms with van der Waals surface area (Å²) in [7, 11) is -3.32. The summed E-state index contributed by atoms with van der Waals surface area (Å²) >= 11 is 5.96. The molecule has 3 aromatic rings. The molecule has 35 heavy (non-hydrogen) atoms. The topological polar surface area (TPSA) is 136 Å². The summed E-state index contributed by atoms with van der Waals surface area (Å²) in [4.78, 5) is 45.1. The Labute approximate surface area is 208 Å². The molecule has 2 aromatic heterocycles. The molecule has 0 spiro atoms. The highest BCUT2D eigenvalue weighted by atomic mass is 35.5. The fourth-order valence-corrected chi connectivity index (χ4v) is 4.65. The number of imidazole rings is 1. The minimum Gasteiger partial charge on any atom is -0.352 e. The number of H-pyrrole nitrogens is 1. The predicted molar refractivity (Wildman–Crippen MR) is 134 cm³/mol. The van der Waals surface area contributed by atoms with Gasteiger partial charge >= 0.3 is 5.69 Å². The molecular weight excluding hydrogens is 494 g/mol. The minimum atomic E-state index is -3.32. The average Bonchev–Trinajstić information content (AvgIpc) is 3.20. The molecule has 0 saturated heterocycles. The zero-order valence-electron chi connectivity index (χ0n) is 19.8. The lowest BCUT2D eigenvalue weighted by atomic mass is 10.2. The SMILES string of the molecule is CCCCCn1c(=O)n(CCCCC(=O)NCc2cccc(S(C)(=O)=O)c2)c(=O)c2[nH]c(Cl)nc21. The van der Waals surface area contributed by atoms with Crippen molar-refractivity contribution in [1.82, 2.24) is 24.4 Å². The van der Waals surface area contributed by atoms with E-state index >= 15 is 0 Å². The van der Waals surface area contributed by atoms with Gasteiger partial charge in [0.05, 0.1) is 4.90 Å². The monoisotopic (exact) mass is 523 g/mol. The lowest BCUT2D eigenvalue weighted by Gasteiger charge is -2.11. The summed E-state index contributed by atoms with van der Waals surface area (Å²) in [5.41, 5.74) is 0.225. The maximum Gasteiger partial charge on any atom is 0.332 e. The van der Waals surface area contributed by atoms with Gasteiger partial charge in [-0.3, -0.25) is 18.7 Å². The van der Waals surface area contributed by atoms with Crippen molar-refractivity contribution in [2.24, 2.45) is 0 Å². The Bertz CT molecular complexity index is 1420. The zero-order chi connectivity index (χ0) is 25.6. The van der Waals surface area contributed by atoms with Crippen molar-refractivity contribution >= 4 is 38.5 Å². The Morgan fingerprint density at radius 3 is 2.54 bits per heavy atom. The number of aryl methyl sites for hydroxylation is 1. The van der Waals surface area contributed by atoms with Crippen molar-refractivity contribution in [3.8, 4) is 0 Å². The highest BCUT2D eigenvalue weighted by molar-refractivity contribution is 7.90. The fourth-order valence-electron chi connectivity index (χ4n) is 3.79. The van der Waals surface area contributed by atoms with Gasteiger partial charge in [-0.1, -0.05) is 31.9 Å². The van der Waals surface area contributed by atoms with Crippen LogP contribution in [0.2, 0.25) is 5.28 Å². The molecule has 0 bridgehead atoms. The molecule has 1 aromatic carbocycles. The molecule has 2 heterocycles. The van der Waals surface area contributed by atoms with Gasteiger partial charge in [-0.25, -0.2) is 13.2 Å². The number of fused-ring (bicyclic) bond motifs is 1. The van der Waals surface area contributed by atoms with Crippen LogP contribution < -0.4 is 16.6 Å². The quantitative estimate of drug-likeness (QED) is 0.276. The van der Waals surface area contributed by atoms with Crippen LogP contribution in [-0.4, -0.2) is 39.7 Å². The maximum atomic E-state index is 13.0. The Hall–Kier alpha value is -2.92. The fraction of sp³-hybridized carbons (Fsp3) is 0.478. The van der Waals surface area contributed by atoms with Crippen molar-refractivity contribution < 1.29 is 13.2 Å². The van der Waals surface area contributed by atoms with Crippen LogP contribution in [0.3, 0.4) is 0 Å². The molecule has 3 rings (SSSR count). The molecule has 0 saturated carbocycles. The lowest BCUT2D eigenvalue weighted by molar-refractivity contribution is -0.121. The number of unbranched alkanes of at least 4 members (excludes halogenated alkanes) is 3. The van der Waals surface area contributed by atoms with Gasteiger partial charge in [-0.15, -0.1) is 0 Å². The number of nitrogens with one attached hydrogen (secondary N) is 2. The smallest absolute Gasteiger partial charge is 0.332 e. The first-order valence-electron chi connectivity index (χ1n) is 11.6. The van der Waals surface area contributed by atoms with E-state index in [2.05, 4.69) is 22.2 Å². The van der Waals surface area contributed by atoms with Crippen LogP contribution in [-0.2, 0) is 34.3 Å². The standard InChI is InChI=1S/C23H30ClN5O5S/c1-3-4-6-12-28-20-19(26-22(24)27-20)21(31)29(23(28)32)13-7-5-11-18(30)25-15-16-9-8-10-17(14-16)35(2,33)34/h8-10,14H,3-7,11-13,15H2,1-2H3,(H,25,30)(H,26,27). The Kier molecular flexibility index (Phi) is 8.90. The van der Waals surface area contributed by atoms with Gasteiger partial charge in [0.1, 0.15) is 0 Å². The van der Waals surface area contributed by atoms with E-state index in [1.807, 2.05) is 0 Å². The van der Waals surface area contributed by atoms with E-state index in [9.17, 15) is 22.8 Å². The lowest BCUT2D eigenvalue weighted by Crippen LogP contribution is -2.40. The van der Waals surface area contributed by atoms with E-state index in [1.54, 1.807) is 12.1 Å². The van der Waals surface area contributed by atoms with Gasteiger partial charge in [-0.2, -0.15) is 4.98 Å². The second-order valence-corrected chi connectivity index (χ2v) is 10.9. The summed E-state index contributed by atoms with van der Waals surface area (Å²) in [5, 5.41) is 2.82. The van der Waals surface area contributed by atoms with Gasteiger partial charge in [0.25, 0.3) is 5.56 Å². The second kappa shape index (κ2) is 11.7. The first kappa shape index (κ1) is 26.7. The van der Waals surface area contributed by atoms with Crippen molar-refractivity contribution in [2.75, 3.05) is 6.26 Å². The third-order valence-corrected chi connectivity index (χ3v) is 6.96. The number of sulfone groups is 1. The maximum absolute atomic E-state index is 13.0. The number of amides is 1. The molecular formula is C23H30ClN5O5S. The number of rotatable bonds is 12. The molecule has 0 radical (unpaired) electrons. The normalized spacial score (nSPS) is 11.7. The number of nitrogens with zero attached hydrogens (tertiary/aromatic N) is 3. The molecule has 10 nitrogen and oxygen atoms in total. The van der Waals surface area contributed by atoms with Crippen molar-refractivity contribution in [3.05, 3.63) is 56.0 Å². The van der Waals surface area contributed by atoms with E-state index in [-0.39, 0.29) is 46.8 Å². The first-order valence-corrected chi connectivity index (χ1v) is 13.8. The molecule has 2 N–H and O–H groups in total. The number of carbonyl (C=O) groups is 1. The van der Waals surface area contributed by atoms with Crippen molar-refractivity contribution in [2.45, 2.75) is 70.0 Å². The number of hydrogen-bond donors (Lipinski definition) is 2. The summed E-state index contributed by atoms with van der Waals surface area (Å²) in [5.74, 6) is -0.199. The van der Waals surface area contributed by atoms with Crippen LogP contribution >= 0.6 is 11.6 Å². The van der Waals surface area contributed by atoms with E-state index in [4.69, 9.17) is 11.6 Å². The number of hydrogen-bond acceptors (Lipinski definition) is 6. The van der Waals surface area contributed by atoms with Crippen LogP contribution in [0.4, 0.5) is 0 Å². The molecule has 1 amide bonds. The van der Waals surface area contributed by atoms with E-state index < -0.39 is 21.1 Å². The van der Waals surface area contributed by atoms with E-state index in [0.717, 1.165) is 30.1 Å². The highest BCUT2D eigenvalue weighted by Crippen LogP contribution is 2.12. The van der Waals surface area contributed by atoms with Crippen LogP contribution in [0.15, 0.2) is 38.8 Å². The Balaban J connectivity index is 1.59. The van der Waals surface area contributed by atoms with Crippen molar-refractivity contribution in [3.63, 3.8) is 0 Å². The third-order valence-electron chi connectivity index (χ3n) is 5.67. The molecule has 12 heteroatoms. The van der Waals surface area contributed by atoms with Crippen LogP contribution in [0.25, 0.3) is 11.2 Å². The zero-order valence-corrected chi connectivity index (χ0v) is 21.4. The molecule has 0 atom stereocenters. The van der Waals surface area contributed by atoms with Crippen LogP contribution in [0.1, 0.15) is 51.0 Å².